The lowest BCUT2D eigenvalue weighted by atomic mass is 10.1. The summed E-state index contributed by atoms with van der Waals surface area (Å²) in [5.41, 5.74) is 2.29. The zero-order valence-electron chi connectivity index (χ0n) is 13.6. The molecule has 0 saturated heterocycles. The molecule has 112 valence electrons. The van der Waals surface area contributed by atoms with E-state index in [9.17, 15) is 4.57 Å². The molecule has 0 amide bonds. The summed E-state index contributed by atoms with van der Waals surface area (Å²) in [6, 6.07) is 0. The Labute approximate surface area is 118 Å². The molecule has 0 spiro atoms. The van der Waals surface area contributed by atoms with E-state index in [1.165, 1.54) is 5.57 Å². The van der Waals surface area contributed by atoms with Crippen molar-refractivity contribution in [2.45, 2.75) is 47.5 Å². The molecule has 0 aliphatic heterocycles. The molecule has 1 atom stereocenters. The summed E-state index contributed by atoms with van der Waals surface area (Å²) < 4.78 is 34.9. The van der Waals surface area contributed by atoms with E-state index in [4.69, 9.17) is 14.9 Å². The molecule has 19 heavy (non-hydrogen) atoms. The molecule has 0 rings (SSSR count). The first-order valence-electron chi connectivity index (χ1n) is 7.21. The van der Waals surface area contributed by atoms with Gasteiger partial charge in [0.1, 0.15) is 0 Å². The molecular weight excluding hydrogens is 263 g/mol. The maximum atomic E-state index is 12.1. The smallest absolute Gasteiger partial charge is 0.287 e. The molecule has 0 unspecified atom stereocenters. The molecule has 0 aromatic heterocycles. The van der Waals surface area contributed by atoms with Gasteiger partial charge in [-0.05, 0) is 47.5 Å². The predicted molar refractivity (Wildman–Crippen MR) is 79.2 cm³/mol. The molecule has 0 radical (unpaired) electrons. The fraction of sp³-hybridized carbons (Fsp3) is 0.714. The van der Waals surface area contributed by atoms with Gasteiger partial charge in [0, 0.05) is 0 Å². The minimum atomic E-state index is -3.62. The highest BCUT2D eigenvalue weighted by molar-refractivity contribution is 7.48. The second-order valence-electron chi connectivity index (χ2n) is 4.36. The fourth-order valence-electron chi connectivity index (χ4n) is 1.31. The molecule has 0 fully saturated rings. The first-order chi connectivity index (χ1) is 9.33. The first kappa shape index (κ1) is 16.6. The lowest BCUT2D eigenvalue weighted by Gasteiger charge is -2.15. The topological polar surface area (TPSA) is 44.8 Å². The van der Waals surface area contributed by atoms with E-state index >= 15 is 0 Å². The average Bonchev–Trinajstić information content (AvgIpc) is 2.27. The van der Waals surface area contributed by atoms with Crippen molar-refractivity contribution in [1.29, 1.82) is 0 Å². The summed E-state index contributed by atoms with van der Waals surface area (Å²) >= 11 is 0. The van der Waals surface area contributed by atoms with E-state index in [1.807, 2.05) is 6.92 Å². The number of hydrogen-bond acceptors (Lipinski definition) is 4. The van der Waals surface area contributed by atoms with Gasteiger partial charge < -0.3 is 0 Å². The van der Waals surface area contributed by atoms with Gasteiger partial charge in [-0.3, -0.25) is 13.6 Å². The van der Waals surface area contributed by atoms with E-state index < -0.39 is 14.4 Å². The van der Waals surface area contributed by atoms with Crippen LogP contribution >= 0.6 is 7.82 Å². The van der Waals surface area contributed by atoms with Crippen molar-refractivity contribution in [1.82, 2.24) is 0 Å². The van der Waals surface area contributed by atoms with Crippen LogP contribution in [0.5, 0.6) is 0 Å². The minimum absolute atomic E-state index is 0.216. The van der Waals surface area contributed by atoms with E-state index in [0.717, 1.165) is 18.4 Å². The zero-order valence-corrected chi connectivity index (χ0v) is 13.5. The van der Waals surface area contributed by atoms with Crippen molar-refractivity contribution in [3.05, 3.63) is 23.3 Å². The van der Waals surface area contributed by atoms with Crippen LogP contribution in [0.2, 0.25) is 0 Å². The van der Waals surface area contributed by atoms with E-state index in [0.29, 0.717) is 0 Å². The third-order valence-corrected chi connectivity index (χ3v) is 3.74. The number of phosphoric ester groups is 1. The van der Waals surface area contributed by atoms with E-state index in [2.05, 4.69) is 19.9 Å². The Morgan fingerprint density at radius 2 is 1.68 bits per heavy atom. The molecule has 0 aliphatic rings. The van der Waals surface area contributed by atoms with E-state index in [-0.39, 0.29) is 13.2 Å². The maximum absolute atomic E-state index is 12.1. The summed E-state index contributed by atoms with van der Waals surface area (Å²) in [6.45, 7) is 8.82. The molecule has 0 N–H and O–H groups in total. The van der Waals surface area contributed by atoms with Crippen molar-refractivity contribution in [2.24, 2.45) is 0 Å². The fourth-order valence-corrected chi connectivity index (χ4v) is 2.35. The Balaban J connectivity index is 4.46. The van der Waals surface area contributed by atoms with Crippen LogP contribution in [-0.4, -0.2) is 19.8 Å². The summed E-state index contributed by atoms with van der Waals surface area (Å²) in [6.07, 6.45) is 5.54. The zero-order chi connectivity index (χ0) is 15.6. The van der Waals surface area contributed by atoms with Gasteiger partial charge in [-0.15, -0.1) is 0 Å². The second kappa shape index (κ2) is 10.4. The molecule has 0 aromatic rings. The van der Waals surface area contributed by atoms with Crippen molar-refractivity contribution < 1.29 is 19.5 Å². The lowest BCUT2D eigenvalue weighted by Crippen LogP contribution is -2.00. The van der Waals surface area contributed by atoms with Gasteiger partial charge in [0.15, 0.2) is 0 Å². The molecule has 0 aliphatic carbocycles. The summed E-state index contributed by atoms with van der Waals surface area (Å²) in [5, 5.41) is 0. The van der Waals surface area contributed by atoms with Crippen LogP contribution in [0, 0.1) is 0 Å². The highest BCUT2D eigenvalue weighted by Gasteiger charge is 2.24. The quantitative estimate of drug-likeness (QED) is 0.425. The van der Waals surface area contributed by atoms with Crippen LogP contribution in [0.3, 0.4) is 0 Å². The normalized spacial score (nSPS) is 15.0. The van der Waals surface area contributed by atoms with Crippen LogP contribution in [0.1, 0.15) is 48.8 Å². The van der Waals surface area contributed by atoms with Gasteiger partial charge in [0.25, 0.3) is 0 Å². The Bertz CT molecular complexity index is 365. The Morgan fingerprint density at radius 3 is 2.16 bits per heavy atom. The number of rotatable bonds is 10. The van der Waals surface area contributed by atoms with Gasteiger partial charge in [0.05, 0.1) is 21.2 Å². The first-order valence-corrected chi connectivity index (χ1v) is 8.09. The summed E-state index contributed by atoms with van der Waals surface area (Å²) in [4.78, 5) is 0. The van der Waals surface area contributed by atoms with E-state index in [1.54, 1.807) is 19.9 Å². The predicted octanol–water partition coefficient (Wildman–Crippen LogP) is 4.88. The molecule has 0 aromatic carbocycles. The van der Waals surface area contributed by atoms with Crippen molar-refractivity contribution in [3.63, 3.8) is 0 Å². The monoisotopic (exact) mass is 291 g/mol. The van der Waals surface area contributed by atoms with Crippen LogP contribution in [0.25, 0.3) is 0 Å². The van der Waals surface area contributed by atoms with Crippen LogP contribution in [0.15, 0.2) is 23.3 Å². The van der Waals surface area contributed by atoms with Crippen LogP contribution in [0.4, 0.5) is 0 Å². The largest absolute Gasteiger partial charge is 0.475 e. The summed E-state index contributed by atoms with van der Waals surface area (Å²) in [5.74, 6) is 0. The third-order valence-electron chi connectivity index (χ3n) is 2.21. The highest BCUT2D eigenvalue weighted by Crippen LogP contribution is 2.49. The highest BCUT2D eigenvalue weighted by atomic mass is 31.2. The molecule has 5 heteroatoms. The lowest BCUT2D eigenvalue weighted by molar-refractivity contribution is 0.131. The van der Waals surface area contributed by atoms with Gasteiger partial charge in [-0.2, -0.15) is 0 Å². The van der Waals surface area contributed by atoms with Crippen LogP contribution in [-0.2, 0) is 18.1 Å². The molecule has 0 saturated carbocycles. The second-order valence-corrected chi connectivity index (χ2v) is 5.98. The van der Waals surface area contributed by atoms with Crippen molar-refractivity contribution in [3.8, 4) is 0 Å². The van der Waals surface area contributed by atoms with Gasteiger partial charge in [-0.1, -0.05) is 23.3 Å². The van der Waals surface area contributed by atoms with Gasteiger partial charge in [-0.25, -0.2) is 4.57 Å². The van der Waals surface area contributed by atoms with Gasteiger partial charge in [0.2, 0.25) is 0 Å². The molecule has 0 heterocycles. The van der Waals surface area contributed by atoms with Crippen molar-refractivity contribution in [2.75, 3.05) is 19.8 Å². The van der Waals surface area contributed by atoms with Gasteiger partial charge >= 0.3 is 7.82 Å². The SMILES string of the molecule is [2H][C@H](/C=C(\C)CCC=C(C)C)OP(=O)(OCC)OCC. The molecular formula is C14H27O4P. The Morgan fingerprint density at radius 1 is 1.11 bits per heavy atom. The maximum Gasteiger partial charge on any atom is 0.475 e. The third kappa shape index (κ3) is 10.1. The molecule has 4 nitrogen and oxygen atoms in total. The standard InChI is InChI=1S/C14H27O4P/c1-6-16-19(15,17-7-2)18-12-11-14(5)10-8-9-13(3)4/h9,11H,6-8,10,12H2,1-5H3/b14-11+/i12D/t12-/m1/s1. The number of hydrogen-bond donors (Lipinski definition) is 0. The number of allylic oxidation sites excluding steroid dienone is 3. The minimum Gasteiger partial charge on any atom is -0.287 e. The van der Waals surface area contributed by atoms with Crippen molar-refractivity contribution >= 4 is 7.82 Å². The molecule has 0 bridgehead atoms. The number of phosphoric acid groups is 1. The van der Waals surface area contributed by atoms with Crippen LogP contribution < -0.4 is 0 Å². The Hall–Kier alpha value is -0.410. The Kier molecular flexibility index (Phi) is 9.10. The summed E-state index contributed by atoms with van der Waals surface area (Å²) in [7, 11) is -3.62. The average molecular weight is 291 g/mol.